The minimum Gasteiger partial charge on any atom is -0.480 e. The zero-order chi connectivity index (χ0) is 17.9. The van der Waals surface area contributed by atoms with Crippen LogP contribution in [0.25, 0.3) is 6.08 Å². The molecule has 0 amide bonds. The maximum absolute atomic E-state index is 13.5. The van der Waals surface area contributed by atoms with E-state index in [4.69, 9.17) is 21.0 Å². The summed E-state index contributed by atoms with van der Waals surface area (Å²) in [4.78, 5) is 0. The van der Waals surface area contributed by atoms with Gasteiger partial charge in [0.1, 0.15) is 35.2 Å². The molecule has 1 aliphatic heterocycles. The number of hydrogen-bond acceptors (Lipinski definition) is 5. The second-order valence-electron chi connectivity index (χ2n) is 5.55. The first-order chi connectivity index (χ1) is 11.3. The summed E-state index contributed by atoms with van der Waals surface area (Å²) < 4.78 is 19.1. The second-order valence-corrected chi connectivity index (χ2v) is 5.55. The summed E-state index contributed by atoms with van der Waals surface area (Å²) >= 11 is 0. The molecule has 0 saturated heterocycles. The highest BCUT2D eigenvalue weighted by Crippen LogP contribution is 2.40. The fourth-order valence-electron chi connectivity index (χ4n) is 2.31. The Balaban J connectivity index is 2.55. The van der Waals surface area contributed by atoms with Crippen molar-refractivity contribution in [3.8, 4) is 18.2 Å². The Morgan fingerprint density at radius 1 is 1.21 bits per heavy atom. The van der Waals surface area contributed by atoms with E-state index < -0.39 is 11.4 Å². The number of halogens is 1. The molecular weight excluding hydrogens is 307 g/mol. The third-order valence-corrected chi connectivity index (χ3v) is 3.53. The zero-order valence-electron chi connectivity index (χ0n) is 13.1. The first-order valence-corrected chi connectivity index (χ1v) is 6.96. The van der Waals surface area contributed by atoms with Crippen molar-refractivity contribution in [1.82, 2.24) is 0 Å². The van der Waals surface area contributed by atoms with E-state index in [1.54, 1.807) is 44.2 Å². The lowest BCUT2D eigenvalue weighted by Crippen LogP contribution is -2.20. The molecule has 5 nitrogen and oxygen atoms in total. The summed E-state index contributed by atoms with van der Waals surface area (Å²) in [6, 6.07) is 9.78. The fraction of sp³-hybridized carbons (Fsp3) is 0.167. The van der Waals surface area contributed by atoms with E-state index in [1.807, 2.05) is 6.07 Å². The molecule has 0 unspecified atom stereocenters. The Bertz CT molecular complexity index is 902. The lowest BCUT2D eigenvalue weighted by molar-refractivity contribution is 0.0954. The average molecular weight is 320 g/mol. The van der Waals surface area contributed by atoms with Crippen LogP contribution in [0.3, 0.4) is 0 Å². The fourth-order valence-corrected chi connectivity index (χ4v) is 2.31. The molecule has 0 atom stereocenters. The van der Waals surface area contributed by atoms with Crippen LogP contribution in [-0.4, -0.2) is 5.60 Å². The smallest absolute Gasteiger partial charge is 0.172 e. The van der Waals surface area contributed by atoms with Crippen molar-refractivity contribution in [3.05, 3.63) is 58.1 Å². The van der Waals surface area contributed by atoms with Crippen molar-refractivity contribution in [2.24, 2.45) is 0 Å². The monoisotopic (exact) mass is 320 g/mol. The van der Waals surface area contributed by atoms with Crippen molar-refractivity contribution in [3.63, 3.8) is 0 Å². The number of ether oxygens (including phenoxy) is 1. The maximum Gasteiger partial charge on any atom is 0.172 e. The predicted octanol–water partition coefficient (Wildman–Crippen LogP) is 3.35. The number of nitrogens with two attached hydrogens (primary N) is 1. The molecule has 2 rings (SSSR count). The summed E-state index contributed by atoms with van der Waals surface area (Å²) in [5.74, 6) is -0.568. The molecule has 2 N–H and O–H groups in total. The van der Waals surface area contributed by atoms with Gasteiger partial charge < -0.3 is 10.5 Å². The summed E-state index contributed by atoms with van der Waals surface area (Å²) in [5.41, 5.74) is 5.49. The highest BCUT2D eigenvalue weighted by atomic mass is 19.1. The van der Waals surface area contributed by atoms with Crippen LogP contribution in [0.2, 0.25) is 0 Å². The predicted molar refractivity (Wildman–Crippen MR) is 85.9 cm³/mol. The van der Waals surface area contributed by atoms with Crippen LogP contribution in [-0.2, 0) is 4.74 Å². The van der Waals surface area contributed by atoms with Gasteiger partial charge in [-0.05, 0) is 31.5 Å². The van der Waals surface area contributed by atoms with Crippen molar-refractivity contribution < 1.29 is 9.13 Å². The van der Waals surface area contributed by atoms with Crippen LogP contribution in [0.4, 0.5) is 10.1 Å². The number of nitrogens with zero attached hydrogens (tertiary/aromatic N) is 3. The molecule has 1 aromatic carbocycles. The van der Waals surface area contributed by atoms with E-state index in [0.29, 0.717) is 11.1 Å². The number of nitrogen functional groups attached to an aromatic ring is 1. The highest BCUT2D eigenvalue weighted by molar-refractivity contribution is 5.64. The molecule has 1 aromatic rings. The van der Waals surface area contributed by atoms with Gasteiger partial charge in [-0.2, -0.15) is 15.8 Å². The summed E-state index contributed by atoms with van der Waals surface area (Å²) in [6.07, 6.45) is 3.23. The number of allylic oxidation sites excluding steroid dienone is 2. The van der Waals surface area contributed by atoms with Crippen LogP contribution >= 0.6 is 0 Å². The summed E-state index contributed by atoms with van der Waals surface area (Å²) in [7, 11) is 0. The Morgan fingerprint density at radius 3 is 2.42 bits per heavy atom. The van der Waals surface area contributed by atoms with Gasteiger partial charge in [-0.3, -0.25) is 0 Å². The van der Waals surface area contributed by atoms with Crippen LogP contribution in [0.15, 0.2) is 46.8 Å². The number of nitriles is 3. The summed E-state index contributed by atoms with van der Waals surface area (Å²) in [5, 5.41) is 27.4. The minimum atomic E-state index is -0.901. The normalized spacial score (nSPS) is 15.6. The third-order valence-electron chi connectivity index (χ3n) is 3.53. The molecule has 24 heavy (non-hydrogen) atoms. The molecule has 118 valence electrons. The molecular formula is C18H13FN4O. The van der Waals surface area contributed by atoms with E-state index in [1.165, 1.54) is 12.1 Å². The van der Waals surface area contributed by atoms with Gasteiger partial charge in [0.25, 0.3) is 0 Å². The van der Waals surface area contributed by atoms with Gasteiger partial charge in [0.2, 0.25) is 0 Å². The molecule has 0 spiro atoms. The molecule has 0 saturated carbocycles. The Hall–Kier alpha value is -3.56. The van der Waals surface area contributed by atoms with Crippen LogP contribution in [0.1, 0.15) is 19.4 Å². The van der Waals surface area contributed by atoms with E-state index in [-0.39, 0.29) is 22.6 Å². The van der Waals surface area contributed by atoms with Crippen molar-refractivity contribution in [2.75, 3.05) is 5.73 Å². The van der Waals surface area contributed by atoms with Gasteiger partial charge in [-0.15, -0.1) is 0 Å². The van der Waals surface area contributed by atoms with Gasteiger partial charge in [-0.25, -0.2) is 4.39 Å². The van der Waals surface area contributed by atoms with E-state index in [9.17, 15) is 9.65 Å². The maximum atomic E-state index is 13.5. The Labute approximate surface area is 139 Å². The molecule has 0 aromatic heterocycles. The second kappa shape index (κ2) is 6.28. The van der Waals surface area contributed by atoms with Crippen LogP contribution in [0.5, 0.6) is 0 Å². The molecule has 1 aliphatic rings. The van der Waals surface area contributed by atoms with Crippen LogP contribution in [0, 0.1) is 39.8 Å². The quantitative estimate of drug-likeness (QED) is 0.664. The first kappa shape index (κ1) is 16.8. The lowest BCUT2D eigenvalue weighted by Gasteiger charge is -2.20. The molecule has 1 heterocycles. The third kappa shape index (κ3) is 2.97. The van der Waals surface area contributed by atoms with Gasteiger partial charge in [0.15, 0.2) is 11.3 Å². The number of hydrogen-bond donors (Lipinski definition) is 1. The SMILES string of the molecule is CC1(C)OC(=C(C#N)C#N)C(C#N)=C1/C=C/c1ccc(N)c(F)c1. The number of anilines is 1. The van der Waals surface area contributed by atoms with Gasteiger partial charge in [-0.1, -0.05) is 18.2 Å². The first-order valence-electron chi connectivity index (χ1n) is 6.96. The molecule has 0 fully saturated rings. The molecule has 6 heteroatoms. The zero-order valence-corrected chi connectivity index (χ0v) is 13.1. The topological polar surface area (TPSA) is 107 Å². The largest absolute Gasteiger partial charge is 0.480 e. The number of benzene rings is 1. The molecule has 0 radical (unpaired) electrons. The summed E-state index contributed by atoms with van der Waals surface area (Å²) in [6.45, 7) is 3.43. The molecule has 0 aliphatic carbocycles. The van der Waals surface area contributed by atoms with Gasteiger partial charge >= 0.3 is 0 Å². The van der Waals surface area contributed by atoms with Crippen molar-refractivity contribution >= 4 is 11.8 Å². The average Bonchev–Trinajstić information content (AvgIpc) is 2.80. The highest BCUT2D eigenvalue weighted by Gasteiger charge is 2.38. The minimum absolute atomic E-state index is 0.0318. The Kier molecular flexibility index (Phi) is 4.40. The Morgan fingerprint density at radius 2 is 1.88 bits per heavy atom. The van der Waals surface area contributed by atoms with Gasteiger partial charge in [0, 0.05) is 5.57 Å². The van der Waals surface area contributed by atoms with Gasteiger partial charge in [0.05, 0.1) is 5.69 Å². The van der Waals surface area contributed by atoms with Crippen LogP contribution < -0.4 is 5.73 Å². The van der Waals surface area contributed by atoms with E-state index in [0.717, 1.165) is 0 Å². The standard InChI is InChI=1S/C18H13FN4O/c1-18(2)14(5-3-11-4-6-16(23)15(19)7-11)13(10-22)17(24-18)12(8-20)9-21/h3-7H,23H2,1-2H3/b5-3+. The van der Waals surface area contributed by atoms with E-state index >= 15 is 0 Å². The van der Waals surface area contributed by atoms with Crippen molar-refractivity contribution in [1.29, 1.82) is 15.8 Å². The van der Waals surface area contributed by atoms with Crippen molar-refractivity contribution in [2.45, 2.75) is 19.4 Å². The van der Waals surface area contributed by atoms with E-state index in [2.05, 4.69) is 0 Å². The lowest BCUT2D eigenvalue weighted by atomic mass is 9.94. The molecule has 0 bridgehead atoms. The number of rotatable bonds is 2.